The van der Waals surface area contributed by atoms with E-state index in [0.29, 0.717) is 52.9 Å². The van der Waals surface area contributed by atoms with Crippen molar-refractivity contribution in [2.75, 3.05) is 23.8 Å². The van der Waals surface area contributed by atoms with E-state index >= 15 is 0 Å². The van der Waals surface area contributed by atoms with Crippen LogP contribution in [0.25, 0.3) is 10.8 Å². The molecule has 170 valence electrons. The number of hydrogen-bond donors (Lipinski definition) is 2. The summed E-state index contributed by atoms with van der Waals surface area (Å²) in [5, 5.41) is 7.81. The van der Waals surface area contributed by atoms with Crippen LogP contribution >= 0.6 is 0 Å². The maximum Gasteiger partial charge on any atom is 0.255 e. The highest BCUT2D eigenvalue weighted by atomic mass is 16.6. The van der Waals surface area contributed by atoms with Crippen LogP contribution in [0.3, 0.4) is 0 Å². The molecule has 3 aromatic carbocycles. The molecule has 2 amide bonds. The Morgan fingerprint density at radius 1 is 0.765 bits per heavy atom. The van der Waals surface area contributed by atoms with Gasteiger partial charge in [0.05, 0.1) is 23.3 Å². The van der Waals surface area contributed by atoms with Crippen molar-refractivity contribution < 1.29 is 19.1 Å². The third-order valence-corrected chi connectivity index (χ3v) is 5.66. The number of anilines is 2. The Labute approximate surface area is 196 Å². The Balaban J connectivity index is 1.33. The first-order valence-electron chi connectivity index (χ1n) is 11.0. The molecule has 0 saturated carbocycles. The molecule has 2 N–H and O–H groups in total. The topological polar surface area (TPSA) is 89.6 Å². The van der Waals surface area contributed by atoms with Crippen molar-refractivity contribution in [2.45, 2.75) is 13.8 Å². The van der Waals surface area contributed by atoms with E-state index in [9.17, 15) is 9.59 Å². The second kappa shape index (κ2) is 8.86. The molecule has 0 radical (unpaired) electrons. The lowest BCUT2D eigenvalue weighted by atomic mass is 10.0. The first-order chi connectivity index (χ1) is 16.5. The number of pyridine rings is 1. The number of ether oxygens (including phenoxy) is 2. The number of aryl methyl sites for hydroxylation is 2. The fraction of sp³-hybridized carbons (Fsp3) is 0.148. The molecule has 5 rings (SSSR count). The molecule has 0 unspecified atom stereocenters. The molecule has 1 aliphatic rings. The molecule has 1 aliphatic heterocycles. The van der Waals surface area contributed by atoms with E-state index in [-0.39, 0.29) is 11.8 Å². The lowest BCUT2D eigenvalue weighted by Gasteiger charge is -2.18. The smallest absolute Gasteiger partial charge is 0.255 e. The summed E-state index contributed by atoms with van der Waals surface area (Å²) in [5.74, 6) is 0.598. The predicted octanol–water partition coefficient (Wildman–Crippen LogP) is 5.13. The Bertz CT molecular complexity index is 1430. The van der Waals surface area contributed by atoms with Crippen LogP contribution in [0, 0.1) is 13.8 Å². The number of carbonyl (C=O) groups excluding carboxylic acids is 2. The lowest BCUT2D eigenvalue weighted by molar-refractivity contribution is 0.101. The minimum Gasteiger partial charge on any atom is -0.486 e. The van der Waals surface area contributed by atoms with Crippen molar-refractivity contribution in [3.63, 3.8) is 0 Å². The molecule has 4 aromatic rings. The van der Waals surface area contributed by atoms with E-state index in [1.807, 2.05) is 31.2 Å². The highest BCUT2D eigenvalue weighted by Gasteiger charge is 2.16. The van der Waals surface area contributed by atoms with E-state index in [1.165, 1.54) is 5.56 Å². The quantitative estimate of drug-likeness (QED) is 0.447. The van der Waals surface area contributed by atoms with Gasteiger partial charge in [0.2, 0.25) is 0 Å². The summed E-state index contributed by atoms with van der Waals surface area (Å²) in [5.41, 5.74) is 3.77. The normalized spacial score (nSPS) is 12.3. The zero-order valence-corrected chi connectivity index (χ0v) is 18.8. The van der Waals surface area contributed by atoms with E-state index < -0.39 is 0 Å². The predicted molar refractivity (Wildman–Crippen MR) is 131 cm³/mol. The zero-order valence-electron chi connectivity index (χ0n) is 18.8. The van der Waals surface area contributed by atoms with Gasteiger partial charge >= 0.3 is 0 Å². The third-order valence-electron chi connectivity index (χ3n) is 5.66. The Morgan fingerprint density at radius 3 is 2.29 bits per heavy atom. The number of hydrogen-bond acceptors (Lipinski definition) is 5. The molecule has 34 heavy (non-hydrogen) atoms. The van der Waals surface area contributed by atoms with E-state index in [0.717, 1.165) is 10.8 Å². The van der Waals surface area contributed by atoms with Crippen molar-refractivity contribution in [1.29, 1.82) is 0 Å². The zero-order chi connectivity index (χ0) is 23.7. The summed E-state index contributed by atoms with van der Waals surface area (Å²) in [6.07, 6.45) is 1.55. The van der Waals surface area contributed by atoms with Crippen LogP contribution in [0.1, 0.15) is 32.0 Å². The van der Waals surface area contributed by atoms with E-state index in [1.54, 1.807) is 43.5 Å². The van der Waals surface area contributed by atoms with E-state index in [2.05, 4.69) is 21.7 Å². The lowest BCUT2D eigenvalue weighted by Crippen LogP contribution is -2.17. The second-order valence-corrected chi connectivity index (χ2v) is 8.19. The largest absolute Gasteiger partial charge is 0.486 e. The second-order valence-electron chi connectivity index (χ2n) is 8.19. The fourth-order valence-corrected chi connectivity index (χ4v) is 3.82. The van der Waals surface area contributed by atoms with Crippen LogP contribution in [0.2, 0.25) is 0 Å². The summed E-state index contributed by atoms with van der Waals surface area (Å²) in [6.45, 7) is 4.77. The highest BCUT2D eigenvalue weighted by Crippen LogP contribution is 2.31. The van der Waals surface area contributed by atoms with Crippen LogP contribution in [0.4, 0.5) is 11.4 Å². The van der Waals surface area contributed by atoms with Gasteiger partial charge < -0.3 is 20.1 Å². The standard InChI is InChI=1S/C27H23N3O4/c1-16-3-4-19-12-20(6-5-18(19)11-16)27(32)30-23-14-22(15-28-17(23)2)29-26(31)21-7-8-24-25(13-21)34-10-9-33-24/h3-8,11-15H,9-10H2,1-2H3,(H,29,31)(H,30,32). The highest BCUT2D eigenvalue weighted by molar-refractivity contribution is 6.08. The first-order valence-corrected chi connectivity index (χ1v) is 11.0. The summed E-state index contributed by atoms with van der Waals surface area (Å²) >= 11 is 0. The number of nitrogens with zero attached hydrogens (tertiary/aromatic N) is 1. The molecule has 0 fully saturated rings. The third kappa shape index (κ3) is 4.41. The van der Waals surface area contributed by atoms with Crippen LogP contribution in [-0.2, 0) is 0 Å². The van der Waals surface area contributed by atoms with Crippen LogP contribution in [-0.4, -0.2) is 30.0 Å². The Hall–Kier alpha value is -4.39. The fourth-order valence-electron chi connectivity index (χ4n) is 3.82. The van der Waals surface area contributed by atoms with Gasteiger partial charge in [-0.15, -0.1) is 0 Å². The molecule has 2 heterocycles. The van der Waals surface area contributed by atoms with Crippen LogP contribution < -0.4 is 20.1 Å². The van der Waals surface area contributed by atoms with Gasteiger partial charge in [-0.3, -0.25) is 14.6 Å². The molecule has 0 spiro atoms. The number of amides is 2. The minimum absolute atomic E-state index is 0.248. The van der Waals surface area contributed by atoms with Crippen LogP contribution in [0.15, 0.2) is 66.9 Å². The van der Waals surface area contributed by atoms with Gasteiger partial charge in [0, 0.05) is 11.1 Å². The van der Waals surface area contributed by atoms with Gasteiger partial charge in [0.15, 0.2) is 11.5 Å². The molecule has 7 nitrogen and oxygen atoms in total. The van der Waals surface area contributed by atoms with Gasteiger partial charge in [0.1, 0.15) is 13.2 Å². The molecular formula is C27H23N3O4. The molecule has 1 aromatic heterocycles. The number of aromatic nitrogens is 1. The van der Waals surface area contributed by atoms with Crippen LogP contribution in [0.5, 0.6) is 11.5 Å². The first kappa shape index (κ1) is 21.5. The number of carbonyl (C=O) groups is 2. The average molecular weight is 453 g/mol. The van der Waals surface area contributed by atoms with E-state index in [4.69, 9.17) is 9.47 Å². The maximum atomic E-state index is 12.9. The minimum atomic E-state index is -0.315. The number of fused-ring (bicyclic) bond motifs is 2. The van der Waals surface area contributed by atoms with Crippen molar-refractivity contribution in [2.24, 2.45) is 0 Å². The van der Waals surface area contributed by atoms with Crippen molar-refractivity contribution >= 4 is 34.0 Å². The molecule has 0 saturated heterocycles. The summed E-state index contributed by atoms with van der Waals surface area (Å²) < 4.78 is 11.1. The molecule has 0 atom stereocenters. The maximum absolute atomic E-state index is 12.9. The van der Waals surface area contributed by atoms with Gasteiger partial charge in [-0.2, -0.15) is 0 Å². The molecular weight excluding hydrogens is 430 g/mol. The summed E-state index contributed by atoms with van der Waals surface area (Å²) in [4.78, 5) is 30.0. The summed E-state index contributed by atoms with van der Waals surface area (Å²) in [7, 11) is 0. The molecule has 0 aliphatic carbocycles. The van der Waals surface area contributed by atoms with Gasteiger partial charge in [-0.1, -0.05) is 29.8 Å². The van der Waals surface area contributed by atoms with Crippen molar-refractivity contribution in [3.8, 4) is 11.5 Å². The average Bonchev–Trinajstić information content (AvgIpc) is 2.85. The number of benzene rings is 3. The van der Waals surface area contributed by atoms with Crippen molar-refractivity contribution in [1.82, 2.24) is 4.98 Å². The Kier molecular flexibility index (Phi) is 5.59. The molecule has 0 bridgehead atoms. The van der Waals surface area contributed by atoms with Crippen molar-refractivity contribution in [3.05, 3.63) is 89.2 Å². The van der Waals surface area contributed by atoms with Gasteiger partial charge in [0.25, 0.3) is 11.8 Å². The van der Waals surface area contributed by atoms with Gasteiger partial charge in [-0.05, 0) is 61.0 Å². The molecule has 7 heteroatoms. The monoisotopic (exact) mass is 453 g/mol. The Morgan fingerprint density at radius 2 is 1.44 bits per heavy atom. The number of rotatable bonds is 4. The SMILES string of the molecule is Cc1ccc2cc(C(=O)Nc3cc(NC(=O)c4ccc5c(c4)OCCO5)cnc3C)ccc2c1. The van der Waals surface area contributed by atoms with Gasteiger partial charge in [-0.25, -0.2) is 0 Å². The number of nitrogens with one attached hydrogen (secondary N) is 2. The summed E-state index contributed by atoms with van der Waals surface area (Å²) in [6, 6.07) is 18.4.